The van der Waals surface area contributed by atoms with Gasteiger partial charge in [-0.15, -0.1) is 0 Å². The molecule has 0 aromatic carbocycles. The van der Waals surface area contributed by atoms with Crippen molar-refractivity contribution in [2.45, 2.75) is 18.9 Å². The number of hydrogen-bond donors (Lipinski definition) is 1. The van der Waals surface area contributed by atoms with Gasteiger partial charge in [0.1, 0.15) is 0 Å². The summed E-state index contributed by atoms with van der Waals surface area (Å²) in [6.45, 7) is 3.42. The zero-order valence-electron chi connectivity index (χ0n) is 7.20. The third-order valence-corrected chi connectivity index (χ3v) is 2.84. The molecule has 2 N–H and O–H groups in total. The Balaban J connectivity index is 3.54. The van der Waals surface area contributed by atoms with E-state index in [4.69, 9.17) is 5.14 Å². The molecule has 1 aromatic heterocycles. The molecule has 1 heterocycles. The number of primary sulfonamides is 1. The van der Waals surface area contributed by atoms with Gasteiger partial charge in [0.05, 0.1) is 5.69 Å². The van der Waals surface area contributed by atoms with Crippen LogP contribution in [0.25, 0.3) is 0 Å². The summed E-state index contributed by atoms with van der Waals surface area (Å²) in [6.07, 6.45) is 0. The normalized spacial score (nSPS) is 12.0. The molecular formula is C6H11N3O2S. The molecule has 1 aromatic rings. The second-order valence-corrected chi connectivity index (χ2v) is 4.16. The van der Waals surface area contributed by atoms with Crippen molar-refractivity contribution in [3.05, 3.63) is 11.3 Å². The zero-order valence-corrected chi connectivity index (χ0v) is 8.01. The highest BCUT2D eigenvalue weighted by Crippen LogP contribution is 2.14. The lowest BCUT2D eigenvalue weighted by Crippen LogP contribution is -2.17. The Morgan fingerprint density at radius 1 is 1.42 bits per heavy atom. The quantitative estimate of drug-likeness (QED) is 0.658. The van der Waals surface area contributed by atoms with Crippen molar-refractivity contribution in [2.24, 2.45) is 12.2 Å². The lowest BCUT2D eigenvalue weighted by Gasteiger charge is -1.98. The molecule has 0 aliphatic carbocycles. The highest BCUT2D eigenvalue weighted by atomic mass is 32.2. The number of nitrogens with two attached hydrogens (primary N) is 1. The zero-order chi connectivity index (χ0) is 9.52. The van der Waals surface area contributed by atoms with Crippen LogP contribution in [0.2, 0.25) is 0 Å². The molecule has 0 aliphatic heterocycles. The molecule has 0 fully saturated rings. The lowest BCUT2D eigenvalue weighted by atomic mass is 10.3. The van der Waals surface area contributed by atoms with Gasteiger partial charge in [0.25, 0.3) is 10.0 Å². The Bertz CT molecular complexity index is 405. The summed E-state index contributed by atoms with van der Waals surface area (Å²) in [7, 11) is -2.09. The molecule has 0 bridgehead atoms. The molecule has 12 heavy (non-hydrogen) atoms. The van der Waals surface area contributed by atoms with E-state index in [0.717, 1.165) is 0 Å². The average molecular weight is 189 g/mol. The number of sulfonamides is 1. The number of aromatic nitrogens is 2. The fourth-order valence-electron chi connectivity index (χ4n) is 1.14. The van der Waals surface area contributed by atoms with Crippen molar-refractivity contribution < 1.29 is 8.42 Å². The van der Waals surface area contributed by atoms with E-state index in [2.05, 4.69) is 5.10 Å². The Morgan fingerprint density at radius 2 is 1.92 bits per heavy atom. The van der Waals surface area contributed by atoms with Crippen LogP contribution in [0.4, 0.5) is 0 Å². The van der Waals surface area contributed by atoms with Crippen LogP contribution < -0.4 is 5.14 Å². The minimum absolute atomic E-state index is 0.0833. The van der Waals surface area contributed by atoms with Crippen LogP contribution >= 0.6 is 0 Å². The van der Waals surface area contributed by atoms with E-state index in [-0.39, 0.29) is 5.03 Å². The van der Waals surface area contributed by atoms with Gasteiger partial charge in [-0.3, -0.25) is 4.68 Å². The van der Waals surface area contributed by atoms with E-state index in [0.29, 0.717) is 11.3 Å². The van der Waals surface area contributed by atoms with Gasteiger partial charge >= 0.3 is 0 Å². The Morgan fingerprint density at radius 3 is 2.08 bits per heavy atom. The van der Waals surface area contributed by atoms with Crippen LogP contribution in [0.1, 0.15) is 11.3 Å². The van der Waals surface area contributed by atoms with Crippen molar-refractivity contribution in [3.8, 4) is 0 Å². The van der Waals surface area contributed by atoms with Crippen LogP contribution in [0.3, 0.4) is 0 Å². The molecule has 0 saturated carbocycles. The fourth-order valence-corrected chi connectivity index (χ4v) is 2.12. The number of hydrogen-bond acceptors (Lipinski definition) is 3. The molecule has 5 nitrogen and oxygen atoms in total. The van der Waals surface area contributed by atoms with Gasteiger partial charge in [-0.1, -0.05) is 0 Å². The summed E-state index contributed by atoms with van der Waals surface area (Å²) in [5.41, 5.74) is 1.29. The average Bonchev–Trinajstić information content (AvgIpc) is 2.05. The monoisotopic (exact) mass is 189 g/mol. The van der Waals surface area contributed by atoms with Gasteiger partial charge in [0, 0.05) is 12.6 Å². The van der Waals surface area contributed by atoms with Gasteiger partial charge in [-0.2, -0.15) is 5.10 Å². The van der Waals surface area contributed by atoms with E-state index in [1.54, 1.807) is 20.9 Å². The van der Waals surface area contributed by atoms with Crippen molar-refractivity contribution in [1.82, 2.24) is 9.78 Å². The van der Waals surface area contributed by atoms with Crippen LogP contribution in [0.15, 0.2) is 5.03 Å². The van der Waals surface area contributed by atoms with E-state index >= 15 is 0 Å². The number of aryl methyl sites for hydroxylation is 2. The maximum absolute atomic E-state index is 11.0. The predicted molar refractivity (Wildman–Crippen MR) is 44.1 cm³/mol. The molecule has 0 radical (unpaired) electrons. The molecular weight excluding hydrogens is 178 g/mol. The first-order chi connectivity index (χ1) is 5.34. The first-order valence-electron chi connectivity index (χ1n) is 3.37. The third-order valence-electron chi connectivity index (χ3n) is 1.73. The van der Waals surface area contributed by atoms with Crippen LogP contribution in [-0.4, -0.2) is 18.2 Å². The van der Waals surface area contributed by atoms with E-state index < -0.39 is 10.0 Å². The second kappa shape index (κ2) is 2.56. The summed E-state index contributed by atoms with van der Waals surface area (Å²) in [5, 5.41) is 9.00. The van der Waals surface area contributed by atoms with Crippen molar-refractivity contribution in [3.63, 3.8) is 0 Å². The van der Waals surface area contributed by atoms with Crippen LogP contribution in [0.5, 0.6) is 0 Å². The summed E-state index contributed by atoms with van der Waals surface area (Å²) in [5.74, 6) is 0. The predicted octanol–water partition coefficient (Wildman–Crippen LogP) is -0.316. The smallest absolute Gasteiger partial charge is 0.255 e. The molecule has 0 saturated heterocycles. The van der Waals surface area contributed by atoms with Crippen LogP contribution in [-0.2, 0) is 17.1 Å². The maximum Gasteiger partial charge on any atom is 0.255 e. The van der Waals surface area contributed by atoms with Crippen molar-refractivity contribution >= 4 is 10.0 Å². The Kier molecular flexibility index (Phi) is 1.97. The Labute approximate surface area is 71.2 Å². The molecule has 0 atom stereocenters. The summed E-state index contributed by atoms with van der Waals surface area (Å²) in [4.78, 5) is 0. The van der Waals surface area contributed by atoms with E-state index in [1.807, 2.05) is 0 Å². The standard InChI is InChI=1S/C6H11N3O2S/c1-4-5(2)8-9(3)6(4)12(7,10)11/h1-3H3,(H2,7,10,11). The highest BCUT2D eigenvalue weighted by Gasteiger charge is 2.18. The summed E-state index contributed by atoms with van der Waals surface area (Å²) >= 11 is 0. The van der Waals surface area contributed by atoms with Gasteiger partial charge < -0.3 is 0 Å². The molecule has 0 amide bonds. The minimum Gasteiger partial charge on any atom is -0.256 e. The molecule has 6 heteroatoms. The van der Waals surface area contributed by atoms with Crippen molar-refractivity contribution in [2.75, 3.05) is 0 Å². The largest absolute Gasteiger partial charge is 0.256 e. The first-order valence-corrected chi connectivity index (χ1v) is 4.91. The number of rotatable bonds is 1. The van der Waals surface area contributed by atoms with Crippen molar-refractivity contribution in [1.29, 1.82) is 0 Å². The Hall–Kier alpha value is -0.880. The SMILES string of the molecule is Cc1nn(C)c(S(N)(=O)=O)c1C. The summed E-state index contributed by atoms with van der Waals surface area (Å²) in [6, 6.07) is 0. The number of nitrogens with zero attached hydrogens (tertiary/aromatic N) is 2. The molecule has 0 unspecified atom stereocenters. The van der Waals surface area contributed by atoms with Gasteiger partial charge in [-0.05, 0) is 13.8 Å². The topological polar surface area (TPSA) is 78.0 Å². The highest BCUT2D eigenvalue weighted by molar-refractivity contribution is 7.89. The van der Waals surface area contributed by atoms with E-state index in [9.17, 15) is 8.42 Å². The lowest BCUT2D eigenvalue weighted by molar-refractivity contribution is 0.577. The molecule has 1 rings (SSSR count). The fraction of sp³-hybridized carbons (Fsp3) is 0.500. The summed E-state index contributed by atoms with van der Waals surface area (Å²) < 4.78 is 23.3. The molecule has 0 aliphatic rings. The van der Waals surface area contributed by atoms with Crippen LogP contribution in [0, 0.1) is 13.8 Å². The molecule has 68 valence electrons. The third kappa shape index (κ3) is 1.35. The van der Waals surface area contributed by atoms with Gasteiger partial charge in [0.2, 0.25) is 0 Å². The van der Waals surface area contributed by atoms with E-state index in [1.165, 1.54) is 4.68 Å². The molecule has 0 spiro atoms. The van der Waals surface area contributed by atoms with Gasteiger partial charge in [0.15, 0.2) is 5.03 Å². The second-order valence-electron chi connectivity index (χ2n) is 2.68. The first kappa shape index (κ1) is 9.21. The minimum atomic E-state index is -3.64. The maximum atomic E-state index is 11.0. The van der Waals surface area contributed by atoms with Gasteiger partial charge in [-0.25, -0.2) is 13.6 Å².